The number of piperidine rings is 1. The third-order valence-corrected chi connectivity index (χ3v) is 4.83. The predicted molar refractivity (Wildman–Crippen MR) is 83.6 cm³/mol. The SMILES string of the molecule is CC(C)(C)OC(=O)N1C[C@@]2(c3cc(F)cc(F)c3)C[C@H]2CC1C=O. The molecule has 1 aromatic rings. The van der Waals surface area contributed by atoms with Crippen molar-refractivity contribution < 1.29 is 23.1 Å². The number of carbonyl (C=O) groups excluding carboxylic acids is 2. The largest absolute Gasteiger partial charge is 0.444 e. The fraction of sp³-hybridized carbons (Fsp3) is 0.556. The minimum atomic E-state index is -0.678. The molecule has 1 amide bonds. The maximum Gasteiger partial charge on any atom is 0.410 e. The Morgan fingerprint density at radius 1 is 1.29 bits per heavy atom. The first kappa shape index (κ1) is 16.9. The third kappa shape index (κ3) is 3.01. The molecule has 1 saturated heterocycles. The second kappa shape index (κ2) is 5.53. The molecule has 1 aromatic carbocycles. The van der Waals surface area contributed by atoms with Crippen molar-refractivity contribution in [1.82, 2.24) is 4.90 Å². The van der Waals surface area contributed by atoms with Gasteiger partial charge in [0.15, 0.2) is 0 Å². The summed E-state index contributed by atoms with van der Waals surface area (Å²) in [5, 5.41) is 0. The highest BCUT2D eigenvalue weighted by Gasteiger charge is 2.61. The molecule has 0 N–H and O–H groups in total. The molecule has 1 saturated carbocycles. The van der Waals surface area contributed by atoms with Crippen molar-refractivity contribution in [2.75, 3.05) is 6.54 Å². The zero-order chi connectivity index (χ0) is 17.7. The highest BCUT2D eigenvalue weighted by atomic mass is 19.1. The molecule has 24 heavy (non-hydrogen) atoms. The molecule has 1 aliphatic heterocycles. The fourth-order valence-electron chi connectivity index (χ4n) is 3.66. The molecule has 0 radical (unpaired) electrons. The molecule has 1 unspecified atom stereocenters. The number of hydrogen-bond acceptors (Lipinski definition) is 3. The second-order valence-corrected chi connectivity index (χ2v) is 7.76. The number of carbonyl (C=O) groups is 2. The minimum absolute atomic E-state index is 0.146. The molecule has 0 spiro atoms. The van der Waals surface area contributed by atoms with E-state index in [1.54, 1.807) is 20.8 Å². The van der Waals surface area contributed by atoms with Gasteiger partial charge in [-0.1, -0.05) is 0 Å². The monoisotopic (exact) mass is 337 g/mol. The number of hydrogen-bond donors (Lipinski definition) is 0. The summed E-state index contributed by atoms with van der Waals surface area (Å²) in [7, 11) is 0. The van der Waals surface area contributed by atoms with E-state index in [0.29, 0.717) is 18.4 Å². The topological polar surface area (TPSA) is 46.6 Å². The molecule has 0 bridgehead atoms. The zero-order valence-electron chi connectivity index (χ0n) is 14.0. The number of ether oxygens (including phenoxy) is 1. The van der Waals surface area contributed by atoms with Crippen molar-refractivity contribution in [2.24, 2.45) is 5.92 Å². The van der Waals surface area contributed by atoms with Crippen LogP contribution in [-0.2, 0) is 14.9 Å². The third-order valence-electron chi connectivity index (χ3n) is 4.83. The van der Waals surface area contributed by atoms with Gasteiger partial charge in [-0.3, -0.25) is 4.90 Å². The number of nitrogens with zero attached hydrogens (tertiary/aromatic N) is 1. The average molecular weight is 337 g/mol. The molecule has 2 aliphatic rings. The van der Waals surface area contributed by atoms with Crippen LogP contribution in [0.25, 0.3) is 0 Å². The van der Waals surface area contributed by atoms with Crippen LogP contribution >= 0.6 is 0 Å². The number of benzene rings is 1. The van der Waals surface area contributed by atoms with Gasteiger partial charge in [-0.25, -0.2) is 13.6 Å². The number of aldehydes is 1. The summed E-state index contributed by atoms with van der Waals surface area (Å²) in [5.41, 5.74) is -0.620. The van der Waals surface area contributed by atoms with Crippen LogP contribution in [0.5, 0.6) is 0 Å². The smallest absolute Gasteiger partial charge is 0.410 e. The Morgan fingerprint density at radius 2 is 1.92 bits per heavy atom. The number of halogens is 2. The van der Waals surface area contributed by atoms with E-state index in [1.165, 1.54) is 17.0 Å². The quantitative estimate of drug-likeness (QED) is 0.777. The Balaban J connectivity index is 1.88. The first-order chi connectivity index (χ1) is 11.1. The zero-order valence-corrected chi connectivity index (χ0v) is 14.0. The lowest BCUT2D eigenvalue weighted by atomic mass is 9.86. The summed E-state index contributed by atoms with van der Waals surface area (Å²) in [6.45, 7) is 5.49. The molecule has 1 heterocycles. The summed E-state index contributed by atoms with van der Waals surface area (Å²) >= 11 is 0. The Bertz CT molecular complexity index is 665. The summed E-state index contributed by atoms with van der Waals surface area (Å²) < 4.78 is 32.6. The molecule has 0 aromatic heterocycles. The summed E-state index contributed by atoms with van der Waals surface area (Å²) in [5.74, 6) is -1.12. The number of likely N-dealkylation sites (tertiary alicyclic amines) is 1. The Hall–Kier alpha value is -1.98. The van der Waals surface area contributed by atoms with E-state index in [4.69, 9.17) is 4.74 Å². The fourth-order valence-corrected chi connectivity index (χ4v) is 3.66. The van der Waals surface area contributed by atoms with E-state index in [2.05, 4.69) is 0 Å². The highest BCUT2D eigenvalue weighted by Crippen LogP contribution is 2.60. The van der Waals surface area contributed by atoms with Gasteiger partial charge in [0.2, 0.25) is 0 Å². The van der Waals surface area contributed by atoms with E-state index in [0.717, 1.165) is 12.4 Å². The molecule has 3 atom stereocenters. The van der Waals surface area contributed by atoms with E-state index in [1.807, 2.05) is 0 Å². The Kier molecular flexibility index (Phi) is 3.89. The average Bonchev–Trinajstić information content (AvgIpc) is 3.17. The lowest BCUT2D eigenvalue weighted by Gasteiger charge is -2.38. The molecular formula is C18H21F2NO3. The van der Waals surface area contributed by atoms with Gasteiger partial charge in [0, 0.05) is 18.0 Å². The van der Waals surface area contributed by atoms with Crippen LogP contribution < -0.4 is 0 Å². The van der Waals surface area contributed by atoms with Gasteiger partial charge in [-0.05, 0) is 57.2 Å². The van der Waals surface area contributed by atoms with Crippen molar-refractivity contribution in [3.05, 3.63) is 35.4 Å². The van der Waals surface area contributed by atoms with E-state index >= 15 is 0 Å². The normalized spacial score (nSPS) is 29.0. The predicted octanol–water partition coefficient (Wildman–Crippen LogP) is 3.43. The van der Waals surface area contributed by atoms with Gasteiger partial charge in [0.25, 0.3) is 0 Å². The standard InChI is InChI=1S/C18H21F2NO3/c1-17(2,3)24-16(23)21-10-18(8-12(18)6-15(21)9-22)11-4-13(19)7-14(20)5-11/h4-5,7,9,12,15H,6,8,10H2,1-3H3/t12-,15?,18-/m1/s1. The van der Waals surface area contributed by atoms with Crippen molar-refractivity contribution in [3.8, 4) is 0 Å². The molecule has 1 aliphatic carbocycles. The van der Waals surface area contributed by atoms with Gasteiger partial charge in [-0.15, -0.1) is 0 Å². The van der Waals surface area contributed by atoms with Crippen molar-refractivity contribution in [2.45, 2.75) is 50.7 Å². The maximum absolute atomic E-state index is 13.6. The number of amides is 1. The second-order valence-electron chi connectivity index (χ2n) is 7.76. The van der Waals surface area contributed by atoms with E-state index in [9.17, 15) is 18.4 Å². The lowest BCUT2D eigenvalue weighted by Crippen LogP contribution is -2.51. The molecule has 130 valence electrons. The first-order valence-electron chi connectivity index (χ1n) is 8.06. The van der Waals surface area contributed by atoms with Crippen LogP contribution in [0.1, 0.15) is 39.2 Å². The van der Waals surface area contributed by atoms with Gasteiger partial charge < -0.3 is 9.53 Å². The summed E-state index contributed by atoms with van der Waals surface area (Å²) in [6, 6.07) is 2.91. The van der Waals surface area contributed by atoms with Crippen LogP contribution in [0.2, 0.25) is 0 Å². The highest BCUT2D eigenvalue weighted by molar-refractivity contribution is 5.75. The number of fused-ring (bicyclic) bond motifs is 1. The van der Waals surface area contributed by atoms with Crippen LogP contribution in [0.15, 0.2) is 18.2 Å². The van der Waals surface area contributed by atoms with Crippen LogP contribution in [0.3, 0.4) is 0 Å². The van der Waals surface area contributed by atoms with Gasteiger partial charge >= 0.3 is 6.09 Å². The first-order valence-corrected chi connectivity index (χ1v) is 8.06. The summed E-state index contributed by atoms with van der Waals surface area (Å²) in [4.78, 5) is 25.2. The van der Waals surface area contributed by atoms with Crippen LogP contribution in [0.4, 0.5) is 13.6 Å². The molecule has 3 rings (SSSR count). The molecule has 6 heteroatoms. The molecule has 2 fully saturated rings. The van der Waals surface area contributed by atoms with E-state index < -0.39 is 34.8 Å². The van der Waals surface area contributed by atoms with Gasteiger partial charge in [-0.2, -0.15) is 0 Å². The maximum atomic E-state index is 13.6. The Labute approximate surface area is 139 Å². The summed E-state index contributed by atoms with van der Waals surface area (Å²) in [6.07, 6.45) is 1.37. The number of rotatable bonds is 2. The van der Waals surface area contributed by atoms with Gasteiger partial charge in [0.1, 0.15) is 23.5 Å². The van der Waals surface area contributed by atoms with Gasteiger partial charge in [0.05, 0.1) is 6.04 Å². The van der Waals surface area contributed by atoms with Crippen molar-refractivity contribution >= 4 is 12.4 Å². The van der Waals surface area contributed by atoms with Crippen molar-refractivity contribution in [3.63, 3.8) is 0 Å². The van der Waals surface area contributed by atoms with Crippen LogP contribution in [-0.4, -0.2) is 35.5 Å². The molecule has 4 nitrogen and oxygen atoms in total. The Morgan fingerprint density at radius 3 is 2.46 bits per heavy atom. The van der Waals surface area contributed by atoms with Crippen LogP contribution in [0, 0.1) is 17.6 Å². The minimum Gasteiger partial charge on any atom is -0.444 e. The molecular weight excluding hydrogens is 316 g/mol. The van der Waals surface area contributed by atoms with Crippen molar-refractivity contribution in [1.29, 1.82) is 0 Å². The lowest BCUT2D eigenvalue weighted by molar-refractivity contribution is -0.113. The van der Waals surface area contributed by atoms with E-state index in [-0.39, 0.29) is 12.5 Å².